The van der Waals surface area contributed by atoms with Gasteiger partial charge >= 0.3 is 0 Å². The summed E-state index contributed by atoms with van der Waals surface area (Å²) in [5, 5.41) is 2.11. The Kier molecular flexibility index (Phi) is 3.97. The van der Waals surface area contributed by atoms with Gasteiger partial charge in [-0.15, -0.1) is 11.3 Å². The largest absolute Gasteiger partial charge is 0.327 e. The van der Waals surface area contributed by atoms with Crippen molar-refractivity contribution in [3.05, 3.63) is 22.4 Å². The average Bonchev–Trinajstić information content (AvgIpc) is 2.39. The molecule has 0 aliphatic heterocycles. The lowest BCUT2D eigenvalue weighted by Gasteiger charge is -2.02. The first-order chi connectivity index (χ1) is 5.29. The van der Waals surface area contributed by atoms with Crippen molar-refractivity contribution >= 4 is 23.1 Å². The van der Waals surface area contributed by atoms with Crippen molar-refractivity contribution in [2.24, 2.45) is 5.73 Å². The monoisotopic (exact) mass is 187 g/mol. The van der Waals surface area contributed by atoms with Crippen molar-refractivity contribution in [3.8, 4) is 0 Å². The molecule has 0 amide bonds. The fourth-order valence-electron chi connectivity index (χ4n) is 0.740. The third-order valence-corrected chi connectivity index (χ3v) is 3.54. The molecule has 0 aromatic carbocycles. The number of nitrogens with two attached hydrogens (primary N) is 1. The molecule has 1 unspecified atom stereocenters. The van der Waals surface area contributed by atoms with Crippen LogP contribution in [-0.4, -0.2) is 11.8 Å². The molecule has 62 valence electrons. The zero-order valence-corrected chi connectivity index (χ0v) is 8.25. The van der Waals surface area contributed by atoms with E-state index in [1.165, 1.54) is 4.88 Å². The number of thiophene rings is 1. The van der Waals surface area contributed by atoms with Crippen LogP contribution in [0, 0.1) is 0 Å². The summed E-state index contributed by atoms with van der Waals surface area (Å²) >= 11 is 3.72. The maximum absolute atomic E-state index is 5.61. The predicted molar refractivity (Wildman–Crippen MR) is 54.1 cm³/mol. The molecule has 0 aliphatic rings. The lowest BCUT2D eigenvalue weighted by atomic mass is 10.4. The molecule has 0 bridgehead atoms. The highest BCUT2D eigenvalue weighted by atomic mass is 32.2. The van der Waals surface area contributed by atoms with Crippen LogP contribution < -0.4 is 5.73 Å². The topological polar surface area (TPSA) is 26.0 Å². The summed E-state index contributed by atoms with van der Waals surface area (Å²) in [6, 6.07) is 4.57. The van der Waals surface area contributed by atoms with Crippen molar-refractivity contribution in [2.75, 3.05) is 5.75 Å². The highest BCUT2D eigenvalue weighted by molar-refractivity contribution is 7.98. The molecule has 1 atom stereocenters. The molecule has 1 rings (SSSR count). The zero-order valence-electron chi connectivity index (χ0n) is 6.62. The van der Waals surface area contributed by atoms with E-state index in [0.29, 0.717) is 6.04 Å². The van der Waals surface area contributed by atoms with E-state index in [1.807, 2.05) is 30.0 Å². The van der Waals surface area contributed by atoms with E-state index in [2.05, 4.69) is 17.5 Å². The van der Waals surface area contributed by atoms with Crippen LogP contribution in [0.2, 0.25) is 0 Å². The van der Waals surface area contributed by atoms with E-state index < -0.39 is 0 Å². The van der Waals surface area contributed by atoms with E-state index >= 15 is 0 Å². The SMILES string of the molecule is CC(N)CSCc1cccs1. The molecule has 0 saturated carbocycles. The molecule has 1 aromatic rings. The molecular formula is C8H13NS2. The Labute approximate surface area is 76.0 Å². The van der Waals surface area contributed by atoms with Gasteiger partial charge in [-0.2, -0.15) is 11.8 Å². The van der Waals surface area contributed by atoms with Gasteiger partial charge in [0.1, 0.15) is 0 Å². The lowest BCUT2D eigenvalue weighted by Crippen LogP contribution is -2.17. The van der Waals surface area contributed by atoms with Gasteiger partial charge in [0, 0.05) is 22.4 Å². The van der Waals surface area contributed by atoms with Crippen LogP contribution in [0.1, 0.15) is 11.8 Å². The minimum atomic E-state index is 0.319. The summed E-state index contributed by atoms with van der Waals surface area (Å²) in [6.07, 6.45) is 0. The van der Waals surface area contributed by atoms with Gasteiger partial charge in [-0.3, -0.25) is 0 Å². The fourth-order valence-corrected chi connectivity index (χ4v) is 2.54. The summed E-state index contributed by atoms with van der Waals surface area (Å²) in [7, 11) is 0. The van der Waals surface area contributed by atoms with Gasteiger partial charge in [-0.25, -0.2) is 0 Å². The lowest BCUT2D eigenvalue weighted by molar-refractivity contribution is 0.847. The predicted octanol–water partition coefficient (Wildman–Crippen LogP) is 2.33. The van der Waals surface area contributed by atoms with Crippen molar-refractivity contribution in [3.63, 3.8) is 0 Å². The summed E-state index contributed by atoms with van der Waals surface area (Å²) in [6.45, 7) is 2.04. The van der Waals surface area contributed by atoms with Gasteiger partial charge in [0.05, 0.1) is 0 Å². The molecule has 2 N–H and O–H groups in total. The van der Waals surface area contributed by atoms with Gasteiger partial charge in [-0.05, 0) is 18.4 Å². The smallest absolute Gasteiger partial charge is 0.0279 e. The van der Waals surface area contributed by atoms with Gasteiger partial charge < -0.3 is 5.73 Å². The Bertz CT molecular complexity index is 182. The molecule has 0 saturated heterocycles. The molecule has 1 aromatic heterocycles. The first-order valence-electron chi connectivity index (χ1n) is 3.65. The summed E-state index contributed by atoms with van der Waals surface area (Å²) < 4.78 is 0. The quantitative estimate of drug-likeness (QED) is 0.783. The van der Waals surface area contributed by atoms with E-state index in [9.17, 15) is 0 Å². The number of hydrogen-bond acceptors (Lipinski definition) is 3. The van der Waals surface area contributed by atoms with E-state index in [1.54, 1.807) is 0 Å². The zero-order chi connectivity index (χ0) is 8.10. The molecule has 0 aliphatic carbocycles. The van der Waals surface area contributed by atoms with Crippen molar-refractivity contribution in [1.82, 2.24) is 0 Å². The summed E-state index contributed by atoms with van der Waals surface area (Å²) in [5.41, 5.74) is 5.61. The second-order valence-corrected chi connectivity index (χ2v) is 4.63. The molecule has 0 radical (unpaired) electrons. The molecule has 3 heteroatoms. The average molecular weight is 187 g/mol. The van der Waals surface area contributed by atoms with Crippen molar-refractivity contribution in [1.29, 1.82) is 0 Å². The first kappa shape index (κ1) is 9.10. The molecule has 1 nitrogen and oxygen atoms in total. The Morgan fingerprint density at radius 3 is 3.09 bits per heavy atom. The van der Waals surface area contributed by atoms with Crippen molar-refractivity contribution in [2.45, 2.75) is 18.7 Å². The number of hydrogen-bond donors (Lipinski definition) is 1. The highest BCUT2D eigenvalue weighted by Gasteiger charge is 1.96. The Balaban J connectivity index is 2.14. The molecule has 1 heterocycles. The normalized spacial score (nSPS) is 13.3. The van der Waals surface area contributed by atoms with Crippen LogP contribution in [0.15, 0.2) is 17.5 Å². The molecule has 0 fully saturated rings. The minimum Gasteiger partial charge on any atom is -0.327 e. The van der Waals surface area contributed by atoms with E-state index in [-0.39, 0.29) is 0 Å². The molecular weight excluding hydrogens is 174 g/mol. The second kappa shape index (κ2) is 4.80. The standard InChI is InChI=1S/C8H13NS2/c1-7(9)5-10-6-8-3-2-4-11-8/h2-4,7H,5-6,9H2,1H3. The fraction of sp³-hybridized carbons (Fsp3) is 0.500. The van der Waals surface area contributed by atoms with Crippen LogP contribution in [-0.2, 0) is 5.75 Å². The Morgan fingerprint density at radius 2 is 2.55 bits per heavy atom. The summed E-state index contributed by atoms with van der Waals surface area (Å²) in [5.74, 6) is 2.16. The van der Waals surface area contributed by atoms with Crippen molar-refractivity contribution < 1.29 is 0 Å². The third kappa shape index (κ3) is 3.79. The van der Waals surface area contributed by atoms with E-state index in [0.717, 1.165) is 11.5 Å². The second-order valence-electron chi connectivity index (χ2n) is 2.57. The highest BCUT2D eigenvalue weighted by Crippen LogP contribution is 2.16. The van der Waals surface area contributed by atoms with Crippen LogP contribution in [0.25, 0.3) is 0 Å². The van der Waals surface area contributed by atoms with Crippen LogP contribution in [0.4, 0.5) is 0 Å². The third-order valence-electron chi connectivity index (χ3n) is 1.21. The molecule has 0 spiro atoms. The van der Waals surface area contributed by atoms with Gasteiger partial charge in [0.25, 0.3) is 0 Å². The van der Waals surface area contributed by atoms with Crippen LogP contribution in [0.5, 0.6) is 0 Å². The number of thioether (sulfide) groups is 1. The maximum atomic E-state index is 5.61. The first-order valence-corrected chi connectivity index (χ1v) is 5.68. The van der Waals surface area contributed by atoms with Crippen LogP contribution in [0.3, 0.4) is 0 Å². The van der Waals surface area contributed by atoms with E-state index in [4.69, 9.17) is 5.73 Å². The van der Waals surface area contributed by atoms with Crippen LogP contribution >= 0.6 is 23.1 Å². The number of rotatable bonds is 4. The van der Waals surface area contributed by atoms with Gasteiger partial charge in [0.15, 0.2) is 0 Å². The maximum Gasteiger partial charge on any atom is 0.0279 e. The molecule has 11 heavy (non-hydrogen) atoms. The minimum absolute atomic E-state index is 0.319. The Morgan fingerprint density at radius 1 is 1.73 bits per heavy atom. The van der Waals surface area contributed by atoms with Gasteiger partial charge in [0.2, 0.25) is 0 Å². The van der Waals surface area contributed by atoms with Gasteiger partial charge in [-0.1, -0.05) is 6.07 Å². The summed E-state index contributed by atoms with van der Waals surface area (Å²) in [4.78, 5) is 1.44. The Hall–Kier alpha value is 0.01000.